The lowest BCUT2D eigenvalue weighted by Crippen LogP contribution is -2.20. The minimum atomic E-state index is -0.642. The van der Waals surface area contributed by atoms with Crippen LogP contribution in [0.5, 0.6) is 5.75 Å². The second kappa shape index (κ2) is 10.1. The third-order valence-corrected chi connectivity index (χ3v) is 3.95. The zero-order valence-corrected chi connectivity index (χ0v) is 16.2. The van der Waals surface area contributed by atoms with Gasteiger partial charge in [0.25, 0.3) is 5.91 Å². The highest BCUT2D eigenvalue weighted by Crippen LogP contribution is 2.24. The number of carbonyl (C=O) groups excluding carboxylic acids is 2. The Labute approximate surface area is 165 Å². The van der Waals surface area contributed by atoms with Crippen molar-refractivity contribution in [1.82, 2.24) is 0 Å². The van der Waals surface area contributed by atoms with Gasteiger partial charge in [-0.3, -0.25) is 4.79 Å². The molecule has 0 radical (unpaired) electrons. The molecule has 1 N–H and O–H groups in total. The largest absolute Gasteiger partial charge is 0.496 e. The standard InChI is InChI=1S/C20H17BrN2O4/c1-26-18-8-5-16(21)12-15(18)4-9-20(25)27-13-19(24)23-17-6-2-14(3-7-17)10-11-22/h2-9,12H,10,13H2,1H3,(H,23,24)/b9-4+. The van der Waals surface area contributed by atoms with Crippen LogP contribution >= 0.6 is 15.9 Å². The number of esters is 1. The van der Waals surface area contributed by atoms with Gasteiger partial charge in [-0.15, -0.1) is 0 Å². The Hall–Kier alpha value is -3.11. The number of rotatable bonds is 7. The van der Waals surface area contributed by atoms with Crippen LogP contribution in [-0.4, -0.2) is 25.6 Å². The summed E-state index contributed by atoms with van der Waals surface area (Å²) in [6, 6.07) is 14.3. The van der Waals surface area contributed by atoms with Gasteiger partial charge in [-0.2, -0.15) is 5.26 Å². The number of benzene rings is 2. The quantitative estimate of drug-likeness (QED) is 0.536. The highest BCUT2D eigenvalue weighted by molar-refractivity contribution is 9.10. The molecule has 0 aromatic heterocycles. The van der Waals surface area contributed by atoms with E-state index in [9.17, 15) is 9.59 Å². The molecule has 0 bridgehead atoms. The van der Waals surface area contributed by atoms with Crippen LogP contribution in [0.3, 0.4) is 0 Å². The fourth-order valence-corrected chi connectivity index (χ4v) is 2.55. The molecule has 0 unspecified atom stereocenters. The van der Waals surface area contributed by atoms with Gasteiger partial charge >= 0.3 is 5.97 Å². The van der Waals surface area contributed by atoms with Gasteiger partial charge in [-0.1, -0.05) is 28.1 Å². The average Bonchev–Trinajstić information content (AvgIpc) is 2.66. The Bertz CT molecular complexity index is 886. The van der Waals surface area contributed by atoms with Crippen LogP contribution in [0.4, 0.5) is 5.69 Å². The number of amides is 1. The smallest absolute Gasteiger partial charge is 0.331 e. The molecule has 0 atom stereocenters. The first-order valence-electron chi connectivity index (χ1n) is 7.96. The number of nitrogens with one attached hydrogen (secondary N) is 1. The van der Waals surface area contributed by atoms with Crippen LogP contribution in [0.1, 0.15) is 11.1 Å². The van der Waals surface area contributed by atoms with E-state index in [2.05, 4.69) is 21.2 Å². The monoisotopic (exact) mass is 428 g/mol. The molecular weight excluding hydrogens is 412 g/mol. The highest BCUT2D eigenvalue weighted by Gasteiger charge is 2.07. The summed E-state index contributed by atoms with van der Waals surface area (Å²) < 4.78 is 11.0. The molecule has 2 aromatic carbocycles. The Morgan fingerprint density at radius 3 is 2.63 bits per heavy atom. The lowest BCUT2D eigenvalue weighted by Gasteiger charge is -2.06. The van der Waals surface area contributed by atoms with Gasteiger partial charge in [0.1, 0.15) is 5.75 Å². The highest BCUT2D eigenvalue weighted by atomic mass is 79.9. The molecule has 27 heavy (non-hydrogen) atoms. The molecule has 2 rings (SSSR count). The molecule has 1 amide bonds. The Morgan fingerprint density at radius 1 is 1.22 bits per heavy atom. The van der Waals surface area contributed by atoms with Crippen LogP contribution in [0, 0.1) is 11.3 Å². The summed E-state index contributed by atoms with van der Waals surface area (Å²) in [7, 11) is 1.54. The fourth-order valence-electron chi connectivity index (χ4n) is 2.17. The van der Waals surface area contributed by atoms with E-state index < -0.39 is 18.5 Å². The SMILES string of the molecule is COc1ccc(Br)cc1/C=C/C(=O)OCC(=O)Nc1ccc(CC#N)cc1. The summed E-state index contributed by atoms with van der Waals surface area (Å²) in [6.45, 7) is -0.404. The van der Waals surface area contributed by atoms with Crippen molar-refractivity contribution in [3.63, 3.8) is 0 Å². The van der Waals surface area contributed by atoms with E-state index >= 15 is 0 Å². The maximum absolute atomic E-state index is 11.9. The topological polar surface area (TPSA) is 88.4 Å². The molecule has 2 aromatic rings. The summed E-state index contributed by atoms with van der Waals surface area (Å²) in [5, 5.41) is 11.2. The van der Waals surface area contributed by atoms with Crippen molar-refractivity contribution in [2.24, 2.45) is 0 Å². The molecule has 0 fully saturated rings. The molecule has 0 aliphatic carbocycles. The van der Waals surface area contributed by atoms with Crippen LogP contribution in [-0.2, 0) is 20.7 Å². The number of carbonyl (C=O) groups is 2. The minimum Gasteiger partial charge on any atom is -0.496 e. The number of nitriles is 1. The van der Waals surface area contributed by atoms with E-state index in [4.69, 9.17) is 14.7 Å². The van der Waals surface area contributed by atoms with Crippen molar-refractivity contribution in [2.75, 3.05) is 19.0 Å². The second-order valence-corrected chi connectivity index (χ2v) is 6.32. The van der Waals surface area contributed by atoms with Crippen molar-refractivity contribution in [3.05, 3.63) is 64.1 Å². The summed E-state index contributed by atoms with van der Waals surface area (Å²) in [6.07, 6.45) is 3.09. The summed E-state index contributed by atoms with van der Waals surface area (Å²) in [4.78, 5) is 23.7. The molecular formula is C20H17BrN2O4. The van der Waals surface area contributed by atoms with Crippen LogP contribution in [0.25, 0.3) is 6.08 Å². The van der Waals surface area contributed by atoms with E-state index in [0.717, 1.165) is 10.0 Å². The van der Waals surface area contributed by atoms with Gasteiger partial charge in [0.2, 0.25) is 0 Å². The number of methoxy groups -OCH3 is 1. The van der Waals surface area contributed by atoms with Gasteiger partial charge in [-0.25, -0.2) is 4.79 Å². The molecule has 0 spiro atoms. The second-order valence-electron chi connectivity index (χ2n) is 5.41. The van der Waals surface area contributed by atoms with Gasteiger partial charge in [-0.05, 0) is 42.0 Å². The molecule has 138 valence electrons. The fraction of sp³-hybridized carbons (Fsp3) is 0.150. The predicted molar refractivity (Wildman–Crippen MR) is 105 cm³/mol. The number of anilines is 1. The van der Waals surface area contributed by atoms with Gasteiger partial charge < -0.3 is 14.8 Å². The zero-order valence-electron chi connectivity index (χ0n) is 14.6. The van der Waals surface area contributed by atoms with Crippen LogP contribution in [0.2, 0.25) is 0 Å². The first kappa shape index (κ1) is 20.2. The molecule has 6 nitrogen and oxygen atoms in total. The van der Waals surface area contributed by atoms with Crippen molar-refractivity contribution in [1.29, 1.82) is 5.26 Å². The lowest BCUT2D eigenvalue weighted by molar-refractivity contribution is -0.142. The van der Waals surface area contributed by atoms with E-state index in [1.54, 1.807) is 42.5 Å². The summed E-state index contributed by atoms with van der Waals surface area (Å²) in [5.41, 5.74) is 2.12. The van der Waals surface area contributed by atoms with Gasteiger partial charge in [0.15, 0.2) is 6.61 Å². The van der Waals surface area contributed by atoms with E-state index in [1.165, 1.54) is 13.2 Å². The first-order valence-corrected chi connectivity index (χ1v) is 8.75. The number of hydrogen-bond acceptors (Lipinski definition) is 5. The van der Waals surface area contributed by atoms with E-state index in [-0.39, 0.29) is 0 Å². The molecule has 0 saturated heterocycles. The van der Waals surface area contributed by atoms with Gasteiger partial charge in [0, 0.05) is 21.8 Å². The van der Waals surface area contributed by atoms with Crippen molar-refractivity contribution >= 4 is 39.6 Å². The third-order valence-electron chi connectivity index (χ3n) is 3.46. The van der Waals surface area contributed by atoms with Crippen LogP contribution < -0.4 is 10.1 Å². The van der Waals surface area contributed by atoms with Gasteiger partial charge in [0.05, 0.1) is 19.6 Å². The zero-order chi connectivity index (χ0) is 19.6. The maximum atomic E-state index is 11.9. The third kappa shape index (κ3) is 6.60. The van der Waals surface area contributed by atoms with Crippen molar-refractivity contribution < 1.29 is 19.1 Å². The number of ether oxygens (including phenoxy) is 2. The number of nitrogens with zero attached hydrogens (tertiary/aromatic N) is 1. The van der Waals surface area contributed by atoms with Crippen molar-refractivity contribution in [2.45, 2.75) is 6.42 Å². The van der Waals surface area contributed by atoms with E-state index in [1.807, 2.05) is 12.1 Å². The normalized spacial score (nSPS) is 10.3. The van der Waals surface area contributed by atoms with Crippen LogP contribution in [0.15, 0.2) is 53.0 Å². The predicted octanol–water partition coefficient (Wildman–Crippen LogP) is 3.72. The maximum Gasteiger partial charge on any atom is 0.331 e. The molecule has 0 aliphatic heterocycles. The first-order chi connectivity index (χ1) is 13.0. The molecule has 7 heteroatoms. The Morgan fingerprint density at radius 2 is 1.96 bits per heavy atom. The number of hydrogen-bond donors (Lipinski definition) is 1. The van der Waals surface area contributed by atoms with Crippen molar-refractivity contribution in [3.8, 4) is 11.8 Å². The lowest BCUT2D eigenvalue weighted by atomic mass is 10.1. The molecule has 0 heterocycles. The minimum absolute atomic E-state index is 0.306. The summed E-state index contributed by atoms with van der Waals surface area (Å²) in [5.74, 6) is -0.485. The summed E-state index contributed by atoms with van der Waals surface area (Å²) >= 11 is 3.35. The Balaban J connectivity index is 1.85. The average molecular weight is 429 g/mol. The number of halogens is 1. The van der Waals surface area contributed by atoms with E-state index in [0.29, 0.717) is 23.4 Å². The Kier molecular flexibility index (Phi) is 7.59. The molecule has 0 aliphatic rings. The molecule has 0 saturated carbocycles.